The van der Waals surface area contributed by atoms with E-state index in [0.29, 0.717) is 11.0 Å². The summed E-state index contributed by atoms with van der Waals surface area (Å²) in [6.45, 7) is 0. The van der Waals surface area contributed by atoms with Crippen LogP contribution in [0, 0.1) is 0 Å². The molecule has 0 aliphatic rings. The van der Waals surface area contributed by atoms with Crippen molar-refractivity contribution in [3.8, 4) is 0 Å². The van der Waals surface area contributed by atoms with Crippen LogP contribution < -0.4 is 11.2 Å². The van der Waals surface area contributed by atoms with Gasteiger partial charge in [0.25, 0.3) is 0 Å². The Bertz CT molecular complexity index is 1150. The summed E-state index contributed by atoms with van der Waals surface area (Å²) in [5.41, 5.74) is 1.37. The van der Waals surface area contributed by atoms with Crippen molar-refractivity contribution in [1.29, 1.82) is 0 Å². The van der Waals surface area contributed by atoms with Crippen LogP contribution in [0.5, 0.6) is 0 Å². The van der Waals surface area contributed by atoms with E-state index in [4.69, 9.17) is 0 Å². The van der Waals surface area contributed by atoms with Crippen LogP contribution in [0.4, 0.5) is 0 Å². The third kappa shape index (κ3) is 2.17. The standard InChI is InChI=1S/C17H12N4O2/c22-16-15-14(12-8-4-5-9-13(12)19-15)20-17(23)21(16)18-10-11-6-2-1-3-7-11/h1-10,19H,(H,20,23)/b18-10+. The van der Waals surface area contributed by atoms with Gasteiger partial charge in [0.05, 0.1) is 11.7 Å². The summed E-state index contributed by atoms with van der Waals surface area (Å²) in [5.74, 6) is 0. The first-order valence-corrected chi connectivity index (χ1v) is 7.09. The second-order valence-electron chi connectivity index (χ2n) is 5.12. The number of hydrogen-bond acceptors (Lipinski definition) is 3. The Morgan fingerprint density at radius 3 is 2.43 bits per heavy atom. The van der Waals surface area contributed by atoms with Crippen molar-refractivity contribution in [2.45, 2.75) is 0 Å². The van der Waals surface area contributed by atoms with Crippen LogP contribution in [0.3, 0.4) is 0 Å². The Labute approximate surface area is 129 Å². The lowest BCUT2D eigenvalue weighted by Crippen LogP contribution is -2.32. The number of para-hydroxylation sites is 1. The first-order valence-electron chi connectivity index (χ1n) is 7.09. The van der Waals surface area contributed by atoms with Gasteiger partial charge in [-0.15, -0.1) is 4.68 Å². The van der Waals surface area contributed by atoms with E-state index in [0.717, 1.165) is 21.1 Å². The lowest BCUT2D eigenvalue weighted by Gasteiger charge is -1.97. The molecule has 6 heteroatoms. The molecular weight excluding hydrogens is 292 g/mol. The maximum Gasteiger partial charge on any atom is 0.350 e. The molecule has 0 atom stereocenters. The van der Waals surface area contributed by atoms with Crippen molar-refractivity contribution in [3.05, 3.63) is 81.0 Å². The first kappa shape index (κ1) is 13.3. The normalized spacial score (nSPS) is 11.7. The molecule has 0 aliphatic carbocycles. The summed E-state index contributed by atoms with van der Waals surface area (Å²) in [4.78, 5) is 30.5. The molecule has 2 N–H and O–H groups in total. The van der Waals surface area contributed by atoms with Gasteiger partial charge in [-0.05, 0) is 11.6 Å². The van der Waals surface area contributed by atoms with E-state index in [1.807, 2.05) is 54.6 Å². The van der Waals surface area contributed by atoms with Gasteiger partial charge in [0.15, 0.2) is 0 Å². The molecule has 2 heterocycles. The number of fused-ring (bicyclic) bond motifs is 3. The van der Waals surface area contributed by atoms with Gasteiger partial charge >= 0.3 is 11.2 Å². The highest BCUT2D eigenvalue weighted by molar-refractivity contribution is 6.04. The van der Waals surface area contributed by atoms with Gasteiger partial charge in [-0.1, -0.05) is 48.5 Å². The van der Waals surface area contributed by atoms with Gasteiger partial charge in [-0.3, -0.25) is 4.79 Å². The topological polar surface area (TPSA) is 83.0 Å². The highest BCUT2D eigenvalue weighted by atomic mass is 16.2. The predicted octanol–water partition coefficient (Wildman–Crippen LogP) is 2.05. The molecule has 0 saturated carbocycles. The Hall–Kier alpha value is -3.41. The van der Waals surface area contributed by atoms with E-state index in [1.54, 1.807) is 0 Å². The minimum Gasteiger partial charge on any atom is -0.349 e. The molecule has 0 fully saturated rings. The van der Waals surface area contributed by atoms with Crippen LogP contribution in [-0.2, 0) is 0 Å². The van der Waals surface area contributed by atoms with E-state index in [2.05, 4.69) is 15.1 Å². The third-order valence-corrected chi connectivity index (χ3v) is 3.66. The van der Waals surface area contributed by atoms with Crippen LogP contribution in [-0.4, -0.2) is 20.9 Å². The molecule has 4 aromatic rings. The fraction of sp³-hybridized carbons (Fsp3) is 0. The van der Waals surface area contributed by atoms with E-state index < -0.39 is 11.2 Å². The molecule has 0 unspecified atom stereocenters. The molecule has 6 nitrogen and oxygen atoms in total. The summed E-state index contributed by atoms with van der Waals surface area (Å²) in [6, 6.07) is 16.7. The molecule has 2 aromatic carbocycles. The minimum atomic E-state index is -0.570. The number of aromatic amines is 2. The fourth-order valence-electron chi connectivity index (χ4n) is 2.56. The molecule has 0 spiro atoms. The van der Waals surface area contributed by atoms with E-state index in [-0.39, 0.29) is 0 Å². The summed E-state index contributed by atoms with van der Waals surface area (Å²) in [5, 5.41) is 4.81. The summed E-state index contributed by atoms with van der Waals surface area (Å²) < 4.78 is 0.824. The average Bonchev–Trinajstić information content (AvgIpc) is 2.95. The Morgan fingerprint density at radius 2 is 1.61 bits per heavy atom. The molecule has 0 aliphatic heterocycles. The number of H-pyrrole nitrogens is 2. The Morgan fingerprint density at radius 1 is 0.870 bits per heavy atom. The number of nitrogens with one attached hydrogen (secondary N) is 2. The average molecular weight is 304 g/mol. The third-order valence-electron chi connectivity index (χ3n) is 3.66. The minimum absolute atomic E-state index is 0.330. The van der Waals surface area contributed by atoms with E-state index >= 15 is 0 Å². The molecule has 0 amide bonds. The van der Waals surface area contributed by atoms with Gasteiger partial charge in [0.2, 0.25) is 0 Å². The van der Waals surface area contributed by atoms with Crippen molar-refractivity contribution in [2.75, 3.05) is 0 Å². The molecule has 4 rings (SSSR count). The SMILES string of the molecule is O=c1[nH]c2c([nH]c3ccccc32)c(=O)n1/N=C/c1ccccc1. The summed E-state index contributed by atoms with van der Waals surface area (Å²) in [7, 11) is 0. The maximum absolute atomic E-state index is 12.5. The highest BCUT2D eigenvalue weighted by Gasteiger charge is 2.11. The lowest BCUT2D eigenvalue weighted by molar-refractivity contribution is 0.770. The zero-order valence-corrected chi connectivity index (χ0v) is 12.0. The summed E-state index contributed by atoms with van der Waals surface area (Å²) in [6.07, 6.45) is 1.48. The molecule has 23 heavy (non-hydrogen) atoms. The second kappa shape index (κ2) is 5.10. The van der Waals surface area contributed by atoms with Crippen LogP contribution in [0.25, 0.3) is 21.9 Å². The van der Waals surface area contributed by atoms with Gasteiger partial charge in [0.1, 0.15) is 5.52 Å². The molecule has 0 radical (unpaired) electrons. The van der Waals surface area contributed by atoms with Gasteiger partial charge in [0, 0.05) is 10.9 Å². The monoisotopic (exact) mass is 304 g/mol. The number of hydrogen-bond donors (Lipinski definition) is 2. The van der Waals surface area contributed by atoms with Crippen LogP contribution >= 0.6 is 0 Å². The van der Waals surface area contributed by atoms with Crippen LogP contribution in [0.15, 0.2) is 69.3 Å². The quantitative estimate of drug-likeness (QED) is 0.556. The summed E-state index contributed by atoms with van der Waals surface area (Å²) >= 11 is 0. The predicted molar refractivity (Wildman–Crippen MR) is 90.1 cm³/mol. The Balaban J connectivity index is 1.94. The number of rotatable bonds is 2. The maximum atomic E-state index is 12.5. The van der Waals surface area contributed by atoms with Gasteiger partial charge in [-0.25, -0.2) is 4.79 Å². The fourth-order valence-corrected chi connectivity index (χ4v) is 2.56. The van der Waals surface area contributed by atoms with Crippen molar-refractivity contribution < 1.29 is 0 Å². The molecular formula is C17H12N4O2. The second-order valence-corrected chi connectivity index (χ2v) is 5.12. The van der Waals surface area contributed by atoms with Crippen LogP contribution in [0.1, 0.15) is 5.56 Å². The molecule has 0 saturated heterocycles. The van der Waals surface area contributed by atoms with Crippen LogP contribution in [0.2, 0.25) is 0 Å². The zero-order valence-electron chi connectivity index (χ0n) is 12.0. The van der Waals surface area contributed by atoms with E-state index in [1.165, 1.54) is 6.21 Å². The smallest absolute Gasteiger partial charge is 0.349 e. The zero-order chi connectivity index (χ0) is 15.8. The molecule has 0 bridgehead atoms. The van der Waals surface area contributed by atoms with E-state index in [9.17, 15) is 9.59 Å². The molecule has 2 aromatic heterocycles. The van der Waals surface area contributed by atoms with Crippen molar-refractivity contribution in [2.24, 2.45) is 5.10 Å². The highest BCUT2D eigenvalue weighted by Crippen LogP contribution is 2.19. The first-order chi connectivity index (χ1) is 11.2. The lowest BCUT2D eigenvalue weighted by atomic mass is 10.2. The Kier molecular flexibility index (Phi) is 2.94. The number of nitrogens with zero attached hydrogens (tertiary/aromatic N) is 2. The van der Waals surface area contributed by atoms with Gasteiger partial charge < -0.3 is 9.97 Å². The van der Waals surface area contributed by atoms with Crippen molar-refractivity contribution in [1.82, 2.24) is 14.6 Å². The van der Waals surface area contributed by atoms with Crippen molar-refractivity contribution >= 4 is 28.2 Å². The van der Waals surface area contributed by atoms with Gasteiger partial charge in [-0.2, -0.15) is 5.10 Å². The van der Waals surface area contributed by atoms with Crippen molar-refractivity contribution in [3.63, 3.8) is 0 Å². The number of benzene rings is 2. The molecule has 112 valence electrons. The number of aromatic nitrogens is 3. The largest absolute Gasteiger partial charge is 0.350 e.